The van der Waals surface area contributed by atoms with Crippen LogP contribution < -0.4 is 5.32 Å². The molecule has 84 valence electrons. The predicted molar refractivity (Wildman–Crippen MR) is 62.0 cm³/mol. The molecule has 1 unspecified atom stereocenters. The molecule has 0 aromatic carbocycles. The molecule has 4 nitrogen and oxygen atoms in total. The molecular formula is C9H13ClN2O2S. The van der Waals surface area contributed by atoms with Gasteiger partial charge in [-0.1, -0.05) is 17.7 Å². The van der Waals surface area contributed by atoms with E-state index in [0.717, 1.165) is 0 Å². The lowest BCUT2D eigenvalue weighted by Gasteiger charge is -2.13. The Balaban J connectivity index is 2.63. The maximum atomic E-state index is 11.0. The van der Waals surface area contributed by atoms with Gasteiger partial charge in [0.25, 0.3) is 0 Å². The molecule has 0 aliphatic heterocycles. The molecule has 0 aliphatic rings. The predicted octanol–water partition coefficient (Wildman–Crippen LogP) is 1.58. The SMILES string of the molecule is CC(CS(C)(=O)=O)Nc1cccc(Cl)n1. The number of hydrogen-bond donors (Lipinski definition) is 1. The maximum absolute atomic E-state index is 11.0. The van der Waals surface area contributed by atoms with E-state index in [1.165, 1.54) is 6.26 Å². The summed E-state index contributed by atoms with van der Waals surface area (Å²) in [6.07, 6.45) is 1.20. The third-order valence-corrected chi connectivity index (χ3v) is 2.98. The number of aromatic nitrogens is 1. The van der Waals surface area contributed by atoms with E-state index < -0.39 is 9.84 Å². The number of anilines is 1. The van der Waals surface area contributed by atoms with Gasteiger partial charge in [-0.15, -0.1) is 0 Å². The van der Waals surface area contributed by atoms with Crippen LogP contribution >= 0.6 is 11.6 Å². The van der Waals surface area contributed by atoms with Crippen molar-refractivity contribution in [2.75, 3.05) is 17.3 Å². The summed E-state index contributed by atoms with van der Waals surface area (Å²) in [6, 6.07) is 4.97. The summed E-state index contributed by atoms with van der Waals surface area (Å²) in [5.74, 6) is 0.653. The van der Waals surface area contributed by atoms with Crippen LogP contribution in [0.15, 0.2) is 18.2 Å². The zero-order valence-corrected chi connectivity index (χ0v) is 10.1. The summed E-state index contributed by atoms with van der Waals surface area (Å²) in [5.41, 5.74) is 0. The van der Waals surface area contributed by atoms with Crippen LogP contribution in [0.5, 0.6) is 0 Å². The van der Waals surface area contributed by atoms with E-state index in [9.17, 15) is 8.42 Å². The van der Waals surface area contributed by atoms with Crippen LogP contribution in [0.4, 0.5) is 5.82 Å². The summed E-state index contributed by atoms with van der Waals surface area (Å²) in [5, 5.41) is 3.35. The number of rotatable bonds is 4. The molecule has 6 heteroatoms. The van der Waals surface area contributed by atoms with Crippen LogP contribution in [-0.4, -0.2) is 31.5 Å². The van der Waals surface area contributed by atoms with Crippen LogP contribution in [0.25, 0.3) is 0 Å². The van der Waals surface area contributed by atoms with E-state index in [0.29, 0.717) is 11.0 Å². The van der Waals surface area contributed by atoms with Crippen LogP contribution in [0, 0.1) is 0 Å². The van der Waals surface area contributed by atoms with Crippen molar-refractivity contribution in [3.63, 3.8) is 0 Å². The number of nitrogens with one attached hydrogen (secondary N) is 1. The van der Waals surface area contributed by atoms with Crippen molar-refractivity contribution in [3.05, 3.63) is 23.4 Å². The smallest absolute Gasteiger partial charge is 0.149 e. The second kappa shape index (κ2) is 4.81. The largest absolute Gasteiger partial charge is 0.367 e. The third-order valence-electron chi connectivity index (χ3n) is 1.66. The minimum atomic E-state index is -2.98. The summed E-state index contributed by atoms with van der Waals surface area (Å²) >= 11 is 5.69. The molecule has 1 heterocycles. The van der Waals surface area contributed by atoms with Gasteiger partial charge in [0.1, 0.15) is 20.8 Å². The summed E-state index contributed by atoms with van der Waals surface area (Å²) in [6.45, 7) is 1.78. The molecule has 0 aliphatic carbocycles. The average molecular weight is 249 g/mol. The topological polar surface area (TPSA) is 59.1 Å². The molecule has 1 rings (SSSR count). The Morgan fingerprint density at radius 2 is 2.20 bits per heavy atom. The van der Waals surface area contributed by atoms with Gasteiger partial charge >= 0.3 is 0 Å². The Labute approximate surface area is 94.6 Å². The van der Waals surface area contributed by atoms with Gasteiger partial charge < -0.3 is 5.32 Å². The fourth-order valence-corrected chi connectivity index (χ4v) is 2.39. The Hall–Kier alpha value is -0.810. The van der Waals surface area contributed by atoms with E-state index in [2.05, 4.69) is 10.3 Å². The first-order valence-electron chi connectivity index (χ1n) is 4.43. The molecule has 1 aromatic heterocycles. The van der Waals surface area contributed by atoms with Crippen molar-refractivity contribution in [1.29, 1.82) is 0 Å². The van der Waals surface area contributed by atoms with Crippen molar-refractivity contribution in [2.45, 2.75) is 13.0 Å². The molecule has 0 fully saturated rings. The lowest BCUT2D eigenvalue weighted by molar-refractivity contribution is 0.598. The Kier molecular flexibility index (Phi) is 3.93. The number of nitrogens with zero attached hydrogens (tertiary/aromatic N) is 1. The Morgan fingerprint density at radius 1 is 1.53 bits per heavy atom. The zero-order valence-electron chi connectivity index (χ0n) is 8.57. The van der Waals surface area contributed by atoms with Crippen molar-refractivity contribution in [2.24, 2.45) is 0 Å². The summed E-state index contributed by atoms with van der Waals surface area (Å²) < 4.78 is 22.0. The second-order valence-corrected chi connectivity index (χ2v) is 6.06. The average Bonchev–Trinajstić information content (AvgIpc) is 1.99. The first-order chi connectivity index (χ1) is 6.87. The quantitative estimate of drug-likeness (QED) is 0.822. The van der Waals surface area contributed by atoms with Crippen molar-refractivity contribution in [1.82, 2.24) is 4.98 Å². The highest BCUT2D eigenvalue weighted by molar-refractivity contribution is 7.90. The zero-order chi connectivity index (χ0) is 11.5. The first kappa shape index (κ1) is 12.3. The Bertz CT molecular complexity index is 433. The molecule has 1 N–H and O–H groups in total. The van der Waals surface area contributed by atoms with Crippen molar-refractivity contribution in [3.8, 4) is 0 Å². The minimum absolute atomic E-state index is 0.0706. The molecule has 1 aromatic rings. The molecule has 0 saturated carbocycles. The number of pyridine rings is 1. The molecular weight excluding hydrogens is 236 g/mol. The van der Waals surface area contributed by atoms with E-state index in [4.69, 9.17) is 11.6 Å². The number of halogens is 1. The normalized spacial score (nSPS) is 13.5. The number of hydrogen-bond acceptors (Lipinski definition) is 4. The lowest BCUT2D eigenvalue weighted by atomic mass is 10.4. The van der Waals surface area contributed by atoms with Crippen LogP contribution in [0.3, 0.4) is 0 Å². The standard InChI is InChI=1S/C9H13ClN2O2S/c1-7(6-15(2,13)14)11-9-5-3-4-8(10)12-9/h3-5,7H,6H2,1-2H3,(H,11,12). The van der Waals surface area contributed by atoms with E-state index in [-0.39, 0.29) is 11.8 Å². The van der Waals surface area contributed by atoms with Gasteiger partial charge in [-0.05, 0) is 19.1 Å². The number of sulfone groups is 1. The maximum Gasteiger partial charge on any atom is 0.149 e. The van der Waals surface area contributed by atoms with Gasteiger partial charge in [0.2, 0.25) is 0 Å². The minimum Gasteiger partial charge on any atom is -0.367 e. The highest BCUT2D eigenvalue weighted by Gasteiger charge is 2.10. The third kappa shape index (κ3) is 4.99. The molecule has 0 saturated heterocycles. The van der Waals surface area contributed by atoms with Gasteiger partial charge in [0.05, 0.1) is 5.75 Å². The van der Waals surface area contributed by atoms with Crippen LogP contribution in [-0.2, 0) is 9.84 Å². The van der Waals surface area contributed by atoms with E-state index in [1.54, 1.807) is 25.1 Å². The van der Waals surface area contributed by atoms with Gasteiger partial charge in [-0.3, -0.25) is 0 Å². The van der Waals surface area contributed by atoms with E-state index >= 15 is 0 Å². The van der Waals surface area contributed by atoms with Crippen LogP contribution in [0.2, 0.25) is 5.15 Å². The molecule has 0 bridgehead atoms. The molecule has 0 radical (unpaired) electrons. The fraction of sp³-hybridized carbons (Fsp3) is 0.444. The van der Waals surface area contributed by atoms with Crippen molar-refractivity contribution >= 4 is 27.3 Å². The second-order valence-electron chi connectivity index (χ2n) is 3.48. The molecule has 1 atom stereocenters. The molecule has 0 spiro atoms. The summed E-state index contributed by atoms with van der Waals surface area (Å²) in [4.78, 5) is 4.00. The Morgan fingerprint density at radius 3 is 2.73 bits per heavy atom. The fourth-order valence-electron chi connectivity index (χ4n) is 1.24. The van der Waals surface area contributed by atoms with Crippen LogP contribution in [0.1, 0.15) is 6.92 Å². The van der Waals surface area contributed by atoms with Gasteiger partial charge in [0.15, 0.2) is 0 Å². The monoisotopic (exact) mass is 248 g/mol. The lowest BCUT2D eigenvalue weighted by Crippen LogP contribution is -2.25. The highest BCUT2D eigenvalue weighted by Crippen LogP contribution is 2.10. The van der Waals surface area contributed by atoms with Crippen molar-refractivity contribution < 1.29 is 8.42 Å². The van der Waals surface area contributed by atoms with E-state index in [1.807, 2.05) is 0 Å². The molecule has 0 amide bonds. The first-order valence-corrected chi connectivity index (χ1v) is 6.87. The summed E-state index contributed by atoms with van der Waals surface area (Å²) in [7, 11) is -2.98. The van der Waals surface area contributed by atoms with Gasteiger partial charge in [-0.2, -0.15) is 0 Å². The molecule has 15 heavy (non-hydrogen) atoms. The highest BCUT2D eigenvalue weighted by atomic mass is 35.5. The van der Waals surface area contributed by atoms with Gasteiger partial charge in [-0.25, -0.2) is 13.4 Å². The van der Waals surface area contributed by atoms with Gasteiger partial charge in [0, 0.05) is 12.3 Å².